The minimum absolute atomic E-state index is 0.0378. The molecule has 6 atom stereocenters. The van der Waals surface area contributed by atoms with E-state index in [0.29, 0.717) is 12.6 Å². The second kappa shape index (κ2) is 6.29. The van der Waals surface area contributed by atoms with E-state index in [1.54, 1.807) is 7.11 Å². The molecule has 0 amide bonds. The maximum atomic E-state index is 13.4. The number of esters is 1. The lowest BCUT2D eigenvalue weighted by Gasteiger charge is -2.73. The second-order valence-corrected chi connectivity index (χ2v) is 11.4. The predicted octanol–water partition coefficient (Wildman–Crippen LogP) is 3.78. The zero-order chi connectivity index (χ0) is 21.9. The van der Waals surface area contributed by atoms with Gasteiger partial charge < -0.3 is 14.2 Å². The van der Waals surface area contributed by atoms with Crippen LogP contribution >= 0.6 is 0 Å². The van der Waals surface area contributed by atoms with Gasteiger partial charge in [-0.1, -0.05) is 12.1 Å². The van der Waals surface area contributed by atoms with Crippen molar-refractivity contribution in [2.45, 2.75) is 82.0 Å². The van der Waals surface area contributed by atoms with Crippen LogP contribution in [0.3, 0.4) is 0 Å². The molecule has 32 heavy (non-hydrogen) atoms. The van der Waals surface area contributed by atoms with E-state index in [2.05, 4.69) is 24.0 Å². The second-order valence-electron chi connectivity index (χ2n) is 11.4. The van der Waals surface area contributed by atoms with Crippen LogP contribution in [0, 0.1) is 24.2 Å². The number of piperidine rings is 1. The molecule has 2 unspecified atom stereocenters. The first-order valence-corrected chi connectivity index (χ1v) is 12.8. The third-order valence-corrected chi connectivity index (χ3v) is 10.4. The van der Waals surface area contributed by atoms with E-state index in [4.69, 9.17) is 14.2 Å². The first-order valence-electron chi connectivity index (χ1n) is 12.8. The van der Waals surface area contributed by atoms with Gasteiger partial charge in [0.15, 0.2) is 0 Å². The molecular weight excluding hydrogens is 402 g/mol. The van der Waals surface area contributed by atoms with Gasteiger partial charge in [0.25, 0.3) is 0 Å². The molecule has 4 saturated carbocycles. The molecule has 1 saturated heterocycles. The SMILES string of the molecule is CCOC(=O)[C@H]1CC23CCC1(OC)[C@@H]1Oc4c(C)ccc5c4[C@@]12CCN(CC1CC1)[C@@H]3C5. The topological polar surface area (TPSA) is 48.0 Å². The molecule has 0 N–H and O–H groups in total. The lowest BCUT2D eigenvalue weighted by Crippen LogP contribution is -2.81. The summed E-state index contributed by atoms with van der Waals surface area (Å²) >= 11 is 0. The molecule has 2 heterocycles. The lowest BCUT2D eigenvalue weighted by atomic mass is 9.35. The van der Waals surface area contributed by atoms with Crippen LogP contribution < -0.4 is 4.74 Å². The molecule has 2 aliphatic heterocycles. The number of hydrogen-bond acceptors (Lipinski definition) is 5. The van der Waals surface area contributed by atoms with Gasteiger partial charge in [-0.3, -0.25) is 9.69 Å². The van der Waals surface area contributed by atoms with Gasteiger partial charge in [0.1, 0.15) is 17.5 Å². The number of ether oxygens (including phenoxy) is 3. The number of likely N-dealkylation sites (tertiary alicyclic amines) is 1. The van der Waals surface area contributed by atoms with E-state index in [0.717, 1.165) is 50.3 Å². The number of aryl methyl sites for hydroxylation is 1. The van der Waals surface area contributed by atoms with Crippen LogP contribution in [0.5, 0.6) is 5.75 Å². The van der Waals surface area contributed by atoms with Crippen LogP contribution in [0.25, 0.3) is 0 Å². The summed E-state index contributed by atoms with van der Waals surface area (Å²) in [6.45, 7) is 6.86. The summed E-state index contributed by atoms with van der Waals surface area (Å²) in [5, 5.41) is 0. The van der Waals surface area contributed by atoms with Crippen molar-refractivity contribution >= 4 is 5.97 Å². The first kappa shape index (κ1) is 19.8. The maximum absolute atomic E-state index is 13.4. The highest BCUT2D eigenvalue weighted by atomic mass is 16.6. The fourth-order valence-corrected chi connectivity index (χ4v) is 9.06. The third kappa shape index (κ3) is 2.08. The quantitative estimate of drug-likeness (QED) is 0.656. The van der Waals surface area contributed by atoms with Gasteiger partial charge in [0, 0.05) is 36.1 Å². The third-order valence-electron chi connectivity index (χ3n) is 10.4. The molecule has 5 fully saturated rings. The summed E-state index contributed by atoms with van der Waals surface area (Å²) in [4.78, 5) is 16.2. The Morgan fingerprint density at radius 3 is 2.84 bits per heavy atom. The summed E-state index contributed by atoms with van der Waals surface area (Å²) < 4.78 is 19.0. The Morgan fingerprint density at radius 1 is 1.25 bits per heavy atom. The van der Waals surface area contributed by atoms with Crippen LogP contribution in [0.15, 0.2) is 12.1 Å². The molecule has 4 bridgehead atoms. The summed E-state index contributed by atoms with van der Waals surface area (Å²) in [7, 11) is 1.80. The summed E-state index contributed by atoms with van der Waals surface area (Å²) in [5.41, 5.74) is 3.61. The molecule has 5 aliphatic carbocycles. The minimum atomic E-state index is -0.600. The predicted molar refractivity (Wildman–Crippen MR) is 120 cm³/mol. The van der Waals surface area contributed by atoms with Crippen LogP contribution in [0.2, 0.25) is 0 Å². The van der Waals surface area contributed by atoms with Crippen molar-refractivity contribution in [1.82, 2.24) is 4.90 Å². The Balaban J connectivity index is 1.45. The van der Waals surface area contributed by atoms with Crippen molar-refractivity contribution in [2.75, 3.05) is 26.8 Å². The number of nitrogens with zero attached hydrogens (tertiary/aromatic N) is 1. The number of carbonyl (C=O) groups is 1. The lowest BCUT2D eigenvalue weighted by molar-refractivity contribution is -0.276. The van der Waals surface area contributed by atoms with Crippen molar-refractivity contribution in [3.05, 3.63) is 28.8 Å². The Morgan fingerprint density at radius 2 is 2.09 bits per heavy atom. The van der Waals surface area contributed by atoms with E-state index in [1.807, 2.05) is 6.92 Å². The first-order chi connectivity index (χ1) is 15.5. The molecule has 1 aromatic rings. The monoisotopic (exact) mass is 437 g/mol. The Hall–Kier alpha value is -1.59. The van der Waals surface area contributed by atoms with Gasteiger partial charge in [0.2, 0.25) is 0 Å². The van der Waals surface area contributed by atoms with Crippen molar-refractivity contribution in [3.8, 4) is 5.75 Å². The van der Waals surface area contributed by atoms with E-state index < -0.39 is 5.60 Å². The number of fused-ring (bicyclic) bond motifs is 2. The van der Waals surface area contributed by atoms with E-state index in [9.17, 15) is 4.79 Å². The Kier molecular flexibility index (Phi) is 3.90. The van der Waals surface area contributed by atoms with Gasteiger partial charge >= 0.3 is 5.97 Å². The molecule has 8 rings (SSSR count). The number of rotatable bonds is 5. The van der Waals surface area contributed by atoms with E-state index in [-0.39, 0.29) is 28.8 Å². The number of hydrogen-bond donors (Lipinski definition) is 0. The zero-order valence-electron chi connectivity index (χ0n) is 19.6. The van der Waals surface area contributed by atoms with Crippen molar-refractivity contribution in [2.24, 2.45) is 17.3 Å². The summed E-state index contributed by atoms with van der Waals surface area (Å²) in [5.74, 6) is 1.63. The molecule has 7 aliphatic rings. The Labute approximate surface area is 190 Å². The number of carbonyl (C=O) groups excluding carboxylic acids is 1. The molecular formula is C27H35NO4. The van der Waals surface area contributed by atoms with Crippen LogP contribution in [-0.2, 0) is 26.1 Å². The van der Waals surface area contributed by atoms with Gasteiger partial charge in [-0.05, 0) is 82.4 Å². The summed E-state index contributed by atoms with van der Waals surface area (Å²) in [6.07, 6.45) is 7.74. The highest BCUT2D eigenvalue weighted by Crippen LogP contribution is 2.76. The molecule has 1 aromatic carbocycles. The van der Waals surface area contributed by atoms with Crippen molar-refractivity contribution in [1.29, 1.82) is 0 Å². The van der Waals surface area contributed by atoms with Crippen LogP contribution in [0.4, 0.5) is 0 Å². The van der Waals surface area contributed by atoms with E-state index in [1.165, 1.54) is 36.1 Å². The van der Waals surface area contributed by atoms with E-state index >= 15 is 0 Å². The normalized spacial score (nSPS) is 43.0. The van der Waals surface area contributed by atoms with Gasteiger partial charge in [-0.25, -0.2) is 0 Å². The van der Waals surface area contributed by atoms with Crippen LogP contribution in [-0.4, -0.2) is 55.4 Å². The van der Waals surface area contributed by atoms with Crippen molar-refractivity contribution < 1.29 is 19.0 Å². The average molecular weight is 438 g/mol. The molecule has 0 radical (unpaired) electrons. The van der Waals surface area contributed by atoms with Gasteiger partial charge in [-0.2, -0.15) is 0 Å². The molecule has 2 spiro atoms. The Bertz CT molecular complexity index is 1000. The standard InChI is InChI=1S/C27H35NO4/c1-4-31-23(29)19-14-25-9-10-27(19,30-3)24-26(25)11-12-28(15-17-6-7-17)20(25)13-18-8-5-16(2)22(32-24)21(18)26/h5,8,17,19-20,24H,4,6-7,9-15H2,1-3H3/t19-,20-,24-,25?,26+,27?/m1/s1. The molecule has 5 nitrogen and oxygen atoms in total. The highest BCUT2D eigenvalue weighted by Gasteiger charge is 2.81. The zero-order valence-corrected chi connectivity index (χ0v) is 19.6. The fourth-order valence-electron chi connectivity index (χ4n) is 9.06. The van der Waals surface area contributed by atoms with Gasteiger partial charge in [-0.15, -0.1) is 0 Å². The van der Waals surface area contributed by atoms with Gasteiger partial charge in [0.05, 0.1) is 12.5 Å². The largest absolute Gasteiger partial charge is 0.486 e. The van der Waals surface area contributed by atoms with Crippen molar-refractivity contribution in [3.63, 3.8) is 0 Å². The highest BCUT2D eigenvalue weighted by molar-refractivity contribution is 5.76. The van der Waals surface area contributed by atoms with Crippen LogP contribution in [0.1, 0.15) is 62.1 Å². The molecule has 172 valence electrons. The summed E-state index contributed by atoms with van der Waals surface area (Å²) in [6, 6.07) is 5.09. The number of methoxy groups -OCH3 is 1. The average Bonchev–Trinajstić information content (AvgIpc) is 3.54. The minimum Gasteiger partial charge on any atom is -0.486 e. The smallest absolute Gasteiger partial charge is 0.312 e. The number of benzene rings is 1. The fraction of sp³-hybridized carbons (Fsp3) is 0.741. The molecule has 0 aromatic heterocycles. The maximum Gasteiger partial charge on any atom is 0.312 e. The molecule has 5 heteroatoms.